The lowest BCUT2D eigenvalue weighted by Crippen LogP contribution is -2.19. The summed E-state index contributed by atoms with van der Waals surface area (Å²) >= 11 is 0. The molecule has 0 bridgehead atoms. The molecular formula is C22H17F3N4O2. The van der Waals surface area contributed by atoms with E-state index in [4.69, 9.17) is 4.74 Å². The molecule has 1 amide bonds. The van der Waals surface area contributed by atoms with Gasteiger partial charge in [0, 0.05) is 11.8 Å². The number of alkyl halides is 3. The quantitative estimate of drug-likeness (QED) is 0.500. The number of hydrogen-bond donors (Lipinski definition) is 1. The molecule has 0 spiro atoms. The van der Waals surface area contributed by atoms with E-state index in [-0.39, 0.29) is 11.3 Å². The Morgan fingerprint density at radius 1 is 1.06 bits per heavy atom. The van der Waals surface area contributed by atoms with Gasteiger partial charge in [-0.2, -0.15) is 18.3 Å². The fraction of sp³-hybridized carbons (Fsp3) is 0.136. The van der Waals surface area contributed by atoms with Crippen LogP contribution in [0.2, 0.25) is 0 Å². The van der Waals surface area contributed by atoms with Crippen molar-refractivity contribution < 1.29 is 22.7 Å². The third-order valence-corrected chi connectivity index (χ3v) is 4.89. The van der Waals surface area contributed by atoms with Crippen LogP contribution in [0.25, 0.3) is 16.8 Å². The van der Waals surface area contributed by atoms with Gasteiger partial charge in [0.1, 0.15) is 5.75 Å². The van der Waals surface area contributed by atoms with Gasteiger partial charge in [-0.3, -0.25) is 4.79 Å². The number of halogens is 3. The predicted octanol–water partition coefficient (Wildman–Crippen LogP) is 4.98. The molecule has 0 saturated heterocycles. The Kier molecular flexibility index (Phi) is 5.10. The summed E-state index contributed by atoms with van der Waals surface area (Å²) in [6, 6.07) is 12.2. The SMILES string of the molecule is COc1ccc(-c2cnn3c(C)c(C(=O)Nc4ccccc4C(F)(F)F)cnc23)cc1. The highest BCUT2D eigenvalue weighted by molar-refractivity contribution is 6.05. The summed E-state index contributed by atoms with van der Waals surface area (Å²) < 4.78 is 46.3. The number of aryl methyl sites for hydroxylation is 1. The number of carbonyl (C=O) groups excluding carboxylic acids is 1. The van der Waals surface area contributed by atoms with Gasteiger partial charge in [-0.05, 0) is 36.8 Å². The van der Waals surface area contributed by atoms with Crippen LogP contribution in [0.4, 0.5) is 18.9 Å². The number of fused-ring (bicyclic) bond motifs is 1. The maximum absolute atomic E-state index is 13.2. The van der Waals surface area contributed by atoms with E-state index in [2.05, 4.69) is 15.4 Å². The molecule has 4 rings (SSSR count). The molecule has 31 heavy (non-hydrogen) atoms. The zero-order valence-electron chi connectivity index (χ0n) is 16.6. The third kappa shape index (κ3) is 3.81. The van der Waals surface area contributed by atoms with Crippen LogP contribution in [0.15, 0.2) is 60.9 Å². The smallest absolute Gasteiger partial charge is 0.418 e. The van der Waals surface area contributed by atoms with Crippen LogP contribution in [0.1, 0.15) is 21.6 Å². The summed E-state index contributed by atoms with van der Waals surface area (Å²) in [5.41, 5.74) is 1.46. The van der Waals surface area contributed by atoms with Gasteiger partial charge >= 0.3 is 6.18 Å². The number of nitrogens with zero attached hydrogens (tertiary/aromatic N) is 3. The number of nitrogens with one attached hydrogen (secondary N) is 1. The van der Waals surface area contributed by atoms with Crippen molar-refractivity contribution in [2.45, 2.75) is 13.1 Å². The number of benzene rings is 2. The zero-order valence-corrected chi connectivity index (χ0v) is 16.6. The van der Waals surface area contributed by atoms with Crippen molar-refractivity contribution in [2.24, 2.45) is 0 Å². The van der Waals surface area contributed by atoms with Crippen LogP contribution >= 0.6 is 0 Å². The Labute approximate surface area is 175 Å². The van der Waals surface area contributed by atoms with Gasteiger partial charge in [0.25, 0.3) is 5.91 Å². The molecule has 2 heterocycles. The highest BCUT2D eigenvalue weighted by Gasteiger charge is 2.33. The minimum atomic E-state index is -4.59. The van der Waals surface area contributed by atoms with Crippen LogP contribution in [0, 0.1) is 6.92 Å². The second-order valence-electron chi connectivity index (χ2n) is 6.78. The Morgan fingerprint density at radius 3 is 2.45 bits per heavy atom. The molecule has 2 aromatic heterocycles. The minimum Gasteiger partial charge on any atom is -0.497 e. The first kappa shape index (κ1) is 20.4. The normalized spacial score (nSPS) is 11.5. The molecule has 6 nitrogen and oxygen atoms in total. The molecule has 0 saturated carbocycles. The van der Waals surface area contributed by atoms with Crippen LogP contribution in [0.3, 0.4) is 0 Å². The van der Waals surface area contributed by atoms with Crippen molar-refractivity contribution in [3.05, 3.63) is 77.7 Å². The monoisotopic (exact) mass is 426 g/mol. The number of methoxy groups -OCH3 is 1. The Hall–Kier alpha value is -3.88. The van der Waals surface area contributed by atoms with Crippen LogP contribution in [-0.4, -0.2) is 27.6 Å². The molecule has 0 unspecified atom stereocenters. The van der Waals surface area contributed by atoms with Gasteiger partial charge < -0.3 is 10.1 Å². The standard InChI is InChI=1S/C22H17F3N4O2/c1-13-16(21(30)28-19-6-4-3-5-18(19)22(23,24)25)11-26-20-17(12-27-29(13)20)14-7-9-15(31-2)10-8-14/h3-12H,1-2H3,(H,28,30). The number of carbonyl (C=O) groups is 1. The van der Waals surface area contributed by atoms with Gasteiger partial charge in [0.05, 0.1) is 35.8 Å². The summed E-state index contributed by atoms with van der Waals surface area (Å²) in [5.74, 6) is 0.00700. The third-order valence-electron chi connectivity index (χ3n) is 4.89. The topological polar surface area (TPSA) is 68.5 Å². The fourth-order valence-electron chi connectivity index (χ4n) is 3.27. The minimum absolute atomic E-state index is 0.119. The molecule has 9 heteroatoms. The molecule has 0 atom stereocenters. The maximum atomic E-state index is 13.2. The Bertz CT molecular complexity index is 1260. The lowest BCUT2D eigenvalue weighted by Gasteiger charge is -2.14. The Morgan fingerprint density at radius 2 is 1.77 bits per heavy atom. The first-order valence-electron chi connectivity index (χ1n) is 9.25. The van der Waals surface area contributed by atoms with E-state index in [9.17, 15) is 18.0 Å². The number of amides is 1. The number of ether oxygens (including phenoxy) is 1. The van der Waals surface area contributed by atoms with Gasteiger partial charge in [0.2, 0.25) is 0 Å². The Balaban J connectivity index is 1.68. The van der Waals surface area contributed by atoms with Gasteiger partial charge in [-0.15, -0.1) is 0 Å². The highest BCUT2D eigenvalue weighted by Crippen LogP contribution is 2.35. The van der Waals surface area contributed by atoms with Crippen molar-refractivity contribution in [1.82, 2.24) is 14.6 Å². The van der Waals surface area contributed by atoms with Gasteiger partial charge in [-0.25, -0.2) is 9.50 Å². The molecule has 0 aliphatic heterocycles. The number of anilines is 1. The second-order valence-corrected chi connectivity index (χ2v) is 6.78. The number of para-hydroxylation sites is 1. The first-order valence-corrected chi connectivity index (χ1v) is 9.25. The largest absolute Gasteiger partial charge is 0.497 e. The molecule has 0 radical (unpaired) electrons. The number of aromatic nitrogens is 3. The van der Waals surface area contributed by atoms with Crippen molar-refractivity contribution in [1.29, 1.82) is 0 Å². The van der Waals surface area contributed by atoms with E-state index in [0.717, 1.165) is 17.2 Å². The lowest BCUT2D eigenvalue weighted by atomic mass is 10.1. The maximum Gasteiger partial charge on any atom is 0.418 e. The van der Waals surface area contributed by atoms with E-state index in [1.807, 2.05) is 24.3 Å². The molecule has 1 N–H and O–H groups in total. The second kappa shape index (κ2) is 7.75. The fourth-order valence-corrected chi connectivity index (χ4v) is 3.27. The molecule has 0 aliphatic carbocycles. The molecule has 0 aliphatic rings. The number of hydrogen-bond acceptors (Lipinski definition) is 4. The summed E-state index contributed by atoms with van der Waals surface area (Å²) in [6.45, 7) is 1.66. The van der Waals surface area contributed by atoms with Crippen molar-refractivity contribution in [2.75, 3.05) is 12.4 Å². The van der Waals surface area contributed by atoms with Crippen molar-refractivity contribution in [3.8, 4) is 16.9 Å². The summed E-state index contributed by atoms with van der Waals surface area (Å²) in [5, 5.41) is 6.64. The molecule has 4 aromatic rings. The first-order chi connectivity index (χ1) is 14.8. The van der Waals surface area contributed by atoms with Gasteiger partial charge in [-0.1, -0.05) is 24.3 Å². The summed E-state index contributed by atoms with van der Waals surface area (Å²) in [4.78, 5) is 17.1. The van der Waals surface area contributed by atoms with E-state index in [0.29, 0.717) is 17.1 Å². The van der Waals surface area contributed by atoms with E-state index in [1.165, 1.54) is 28.9 Å². The van der Waals surface area contributed by atoms with E-state index >= 15 is 0 Å². The molecular weight excluding hydrogens is 409 g/mol. The number of rotatable bonds is 4. The zero-order chi connectivity index (χ0) is 22.2. The average Bonchev–Trinajstić information content (AvgIpc) is 3.18. The molecule has 0 fully saturated rings. The van der Waals surface area contributed by atoms with Gasteiger partial charge in [0.15, 0.2) is 5.65 Å². The summed E-state index contributed by atoms with van der Waals surface area (Å²) in [7, 11) is 1.58. The van der Waals surface area contributed by atoms with E-state index < -0.39 is 17.6 Å². The molecule has 2 aromatic carbocycles. The van der Waals surface area contributed by atoms with Crippen molar-refractivity contribution in [3.63, 3.8) is 0 Å². The lowest BCUT2D eigenvalue weighted by molar-refractivity contribution is -0.136. The van der Waals surface area contributed by atoms with Crippen LogP contribution in [0.5, 0.6) is 5.75 Å². The molecule has 158 valence electrons. The predicted molar refractivity (Wildman–Crippen MR) is 109 cm³/mol. The van der Waals surface area contributed by atoms with Crippen molar-refractivity contribution >= 4 is 17.2 Å². The highest BCUT2D eigenvalue weighted by atomic mass is 19.4. The van der Waals surface area contributed by atoms with Crippen LogP contribution in [-0.2, 0) is 6.18 Å². The average molecular weight is 426 g/mol. The van der Waals surface area contributed by atoms with Crippen LogP contribution < -0.4 is 10.1 Å². The summed E-state index contributed by atoms with van der Waals surface area (Å²) in [6.07, 6.45) is -1.63. The van der Waals surface area contributed by atoms with E-state index in [1.54, 1.807) is 20.2 Å².